The Labute approximate surface area is 110 Å². The molecule has 0 saturated heterocycles. The van der Waals surface area contributed by atoms with Crippen LogP contribution in [0.4, 0.5) is 8.78 Å². The van der Waals surface area contributed by atoms with E-state index >= 15 is 0 Å². The number of hydrogen-bond acceptors (Lipinski definition) is 3. The van der Waals surface area contributed by atoms with Crippen LogP contribution in [0.1, 0.15) is 30.1 Å². The largest absolute Gasteiger partial charge is 0.434 e. The van der Waals surface area contributed by atoms with Crippen LogP contribution in [-0.2, 0) is 0 Å². The summed E-state index contributed by atoms with van der Waals surface area (Å²) in [5.74, 6) is -0.661. The molecule has 4 nitrogen and oxygen atoms in total. The summed E-state index contributed by atoms with van der Waals surface area (Å²) in [6.45, 7) is -0.870. The molecule has 0 aliphatic heterocycles. The molecule has 1 atom stereocenters. The average Bonchev–Trinajstić information content (AvgIpc) is 2.38. The Bertz CT molecular complexity index is 413. The predicted octanol–water partition coefficient (Wildman–Crippen LogP) is 2.18. The molecule has 0 spiro atoms. The molecule has 19 heavy (non-hydrogen) atoms. The SMILES string of the molecule is CCC(O)CCNC(=O)c1ccccc1OC(F)F. The Kier molecular flexibility index (Phi) is 6.21. The van der Waals surface area contributed by atoms with Crippen LogP contribution in [0.2, 0.25) is 0 Å². The van der Waals surface area contributed by atoms with Crippen LogP contribution in [0.5, 0.6) is 5.75 Å². The third kappa shape index (κ3) is 5.21. The number of para-hydroxylation sites is 1. The quantitative estimate of drug-likeness (QED) is 0.800. The van der Waals surface area contributed by atoms with Crippen molar-refractivity contribution in [3.8, 4) is 5.75 Å². The molecule has 1 unspecified atom stereocenters. The molecule has 0 fully saturated rings. The zero-order valence-electron chi connectivity index (χ0n) is 10.6. The zero-order chi connectivity index (χ0) is 14.3. The number of carbonyl (C=O) groups excluding carboxylic acids is 1. The Morgan fingerprint density at radius 2 is 2.11 bits per heavy atom. The van der Waals surface area contributed by atoms with E-state index in [0.29, 0.717) is 12.8 Å². The first-order valence-corrected chi connectivity index (χ1v) is 6.04. The fourth-order valence-corrected chi connectivity index (χ4v) is 1.50. The highest BCUT2D eigenvalue weighted by Crippen LogP contribution is 2.19. The van der Waals surface area contributed by atoms with Gasteiger partial charge in [-0.15, -0.1) is 0 Å². The van der Waals surface area contributed by atoms with Crippen LogP contribution in [0.3, 0.4) is 0 Å². The van der Waals surface area contributed by atoms with Crippen molar-refractivity contribution in [1.82, 2.24) is 5.32 Å². The second-order valence-electron chi connectivity index (χ2n) is 3.98. The maximum absolute atomic E-state index is 12.2. The van der Waals surface area contributed by atoms with Gasteiger partial charge in [-0.3, -0.25) is 4.79 Å². The third-order valence-electron chi connectivity index (χ3n) is 2.58. The lowest BCUT2D eigenvalue weighted by molar-refractivity contribution is -0.0501. The summed E-state index contributed by atoms with van der Waals surface area (Å²) in [5, 5.41) is 11.9. The van der Waals surface area contributed by atoms with Gasteiger partial charge in [-0.05, 0) is 25.0 Å². The first kappa shape index (κ1) is 15.4. The number of ether oxygens (including phenoxy) is 1. The molecule has 6 heteroatoms. The van der Waals surface area contributed by atoms with Gasteiger partial charge in [0.05, 0.1) is 11.7 Å². The van der Waals surface area contributed by atoms with Crippen molar-refractivity contribution < 1.29 is 23.4 Å². The van der Waals surface area contributed by atoms with Crippen LogP contribution in [0.25, 0.3) is 0 Å². The summed E-state index contributed by atoms with van der Waals surface area (Å²) in [4.78, 5) is 11.8. The monoisotopic (exact) mass is 273 g/mol. The normalized spacial score (nSPS) is 12.3. The van der Waals surface area contributed by atoms with E-state index in [9.17, 15) is 18.7 Å². The number of halogens is 2. The first-order valence-electron chi connectivity index (χ1n) is 6.04. The number of nitrogens with one attached hydrogen (secondary N) is 1. The van der Waals surface area contributed by atoms with E-state index in [1.165, 1.54) is 18.2 Å². The fourth-order valence-electron chi connectivity index (χ4n) is 1.50. The lowest BCUT2D eigenvalue weighted by Gasteiger charge is -2.12. The number of aliphatic hydroxyl groups excluding tert-OH is 1. The number of aliphatic hydroxyl groups is 1. The number of hydrogen-bond donors (Lipinski definition) is 2. The van der Waals surface area contributed by atoms with Crippen molar-refractivity contribution in [1.29, 1.82) is 0 Å². The molecule has 0 aliphatic carbocycles. The Morgan fingerprint density at radius 1 is 1.42 bits per heavy atom. The Morgan fingerprint density at radius 3 is 2.74 bits per heavy atom. The van der Waals surface area contributed by atoms with Gasteiger partial charge in [-0.2, -0.15) is 8.78 Å². The lowest BCUT2D eigenvalue weighted by atomic mass is 10.1. The standard InChI is InChI=1S/C13H17F2NO3/c1-2-9(17)7-8-16-12(18)10-5-3-4-6-11(10)19-13(14)15/h3-6,9,13,17H,2,7-8H2,1H3,(H,16,18). The molecule has 106 valence electrons. The zero-order valence-corrected chi connectivity index (χ0v) is 10.6. The molecule has 0 bridgehead atoms. The van der Waals surface area contributed by atoms with Gasteiger partial charge >= 0.3 is 6.61 Å². The summed E-state index contributed by atoms with van der Waals surface area (Å²) in [5.41, 5.74) is 0.0498. The van der Waals surface area contributed by atoms with Crippen LogP contribution in [-0.4, -0.2) is 30.3 Å². The molecule has 1 aromatic carbocycles. The molecule has 0 saturated carbocycles. The first-order chi connectivity index (χ1) is 9.04. The van der Waals surface area contributed by atoms with E-state index in [-0.39, 0.29) is 17.9 Å². The van der Waals surface area contributed by atoms with Crippen molar-refractivity contribution in [2.24, 2.45) is 0 Å². The fraction of sp³-hybridized carbons (Fsp3) is 0.462. The summed E-state index contributed by atoms with van der Waals surface area (Å²) in [6.07, 6.45) is 0.536. The highest BCUT2D eigenvalue weighted by Gasteiger charge is 2.15. The van der Waals surface area contributed by atoms with Crippen LogP contribution in [0.15, 0.2) is 24.3 Å². The molecule has 0 heterocycles. The molecule has 1 rings (SSSR count). The molecule has 1 amide bonds. The summed E-state index contributed by atoms with van der Waals surface area (Å²) >= 11 is 0. The molecule has 0 radical (unpaired) electrons. The van der Waals surface area contributed by atoms with Gasteiger partial charge in [0, 0.05) is 6.54 Å². The molecular weight excluding hydrogens is 256 g/mol. The van der Waals surface area contributed by atoms with Gasteiger partial charge in [-0.25, -0.2) is 0 Å². The second kappa shape index (κ2) is 7.68. The van der Waals surface area contributed by atoms with Crippen LogP contribution >= 0.6 is 0 Å². The molecule has 0 aliphatic rings. The number of rotatable bonds is 7. The highest BCUT2D eigenvalue weighted by molar-refractivity contribution is 5.96. The van der Waals surface area contributed by atoms with E-state index < -0.39 is 18.6 Å². The van der Waals surface area contributed by atoms with Crippen molar-refractivity contribution in [2.45, 2.75) is 32.5 Å². The Hall–Kier alpha value is -1.69. The summed E-state index contributed by atoms with van der Waals surface area (Å²) in [6, 6.07) is 5.79. The molecule has 1 aromatic rings. The minimum atomic E-state index is -2.98. The van der Waals surface area contributed by atoms with Crippen molar-refractivity contribution in [2.75, 3.05) is 6.54 Å². The van der Waals surface area contributed by atoms with E-state index in [1.54, 1.807) is 6.07 Å². The number of carbonyl (C=O) groups is 1. The summed E-state index contributed by atoms with van der Waals surface area (Å²) < 4.78 is 28.6. The number of alkyl halides is 2. The van der Waals surface area contributed by atoms with E-state index in [2.05, 4.69) is 10.1 Å². The van der Waals surface area contributed by atoms with Gasteiger partial charge < -0.3 is 15.2 Å². The minimum Gasteiger partial charge on any atom is -0.434 e. The maximum Gasteiger partial charge on any atom is 0.387 e. The van der Waals surface area contributed by atoms with Gasteiger partial charge in [0.25, 0.3) is 5.91 Å². The second-order valence-corrected chi connectivity index (χ2v) is 3.98. The van der Waals surface area contributed by atoms with Crippen LogP contribution in [0, 0.1) is 0 Å². The van der Waals surface area contributed by atoms with Gasteiger partial charge in [0.1, 0.15) is 5.75 Å². The van der Waals surface area contributed by atoms with Crippen molar-refractivity contribution in [3.63, 3.8) is 0 Å². The molecule has 2 N–H and O–H groups in total. The third-order valence-corrected chi connectivity index (χ3v) is 2.58. The minimum absolute atomic E-state index is 0.0498. The average molecular weight is 273 g/mol. The van der Waals surface area contributed by atoms with Crippen molar-refractivity contribution >= 4 is 5.91 Å². The predicted molar refractivity (Wildman–Crippen MR) is 66.3 cm³/mol. The number of amides is 1. The highest BCUT2D eigenvalue weighted by atomic mass is 19.3. The van der Waals surface area contributed by atoms with Crippen molar-refractivity contribution in [3.05, 3.63) is 29.8 Å². The van der Waals surface area contributed by atoms with E-state index in [1.807, 2.05) is 6.92 Å². The van der Waals surface area contributed by atoms with E-state index in [4.69, 9.17) is 0 Å². The van der Waals surface area contributed by atoms with Gasteiger partial charge in [-0.1, -0.05) is 19.1 Å². The number of benzene rings is 1. The lowest BCUT2D eigenvalue weighted by Crippen LogP contribution is -2.27. The van der Waals surface area contributed by atoms with Gasteiger partial charge in [0.2, 0.25) is 0 Å². The smallest absolute Gasteiger partial charge is 0.387 e. The molecular formula is C13H17F2NO3. The molecule has 0 aromatic heterocycles. The summed E-state index contributed by atoms with van der Waals surface area (Å²) in [7, 11) is 0. The van der Waals surface area contributed by atoms with Crippen LogP contribution < -0.4 is 10.1 Å². The topological polar surface area (TPSA) is 58.6 Å². The van der Waals surface area contributed by atoms with E-state index in [0.717, 1.165) is 0 Å². The van der Waals surface area contributed by atoms with Gasteiger partial charge in [0.15, 0.2) is 0 Å². The maximum atomic E-state index is 12.2. The Balaban J connectivity index is 2.61.